The summed E-state index contributed by atoms with van der Waals surface area (Å²) in [6.45, 7) is 3.30. The highest BCUT2D eigenvalue weighted by Crippen LogP contribution is 2.73. The van der Waals surface area contributed by atoms with E-state index < -0.39 is 38.8 Å². The van der Waals surface area contributed by atoms with Crippen molar-refractivity contribution in [1.29, 1.82) is 0 Å². The van der Waals surface area contributed by atoms with Crippen LogP contribution in [0.15, 0.2) is 45.3 Å². The molecule has 0 aromatic rings. The number of alkyl halides is 6. The minimum absolute atomic E-state index is 0.0435. The van der Waals surface area contributed by atoms with Crippen LogP contribution < -0.4 is 0 Å². The SMILES string of the molecule is CCOC12SC=CC1=C1C(=C3C=CSC32OCC)C(F)(F)C(F)(F)C1(F)F. The molecule has 2 aliphatic heterocycles. The summed E-state index contributed by atoms with van der Waals surface area (Å²) >= 11 is 1.92. The predicted octanol–water partition coefficient (Wildman–Crippen LogP) is 5.50. The van der Waals surface area contributed by atoms with Gasteiger partial charge in [-0.15, -0.1) is 0 Å². The summed E-state index contributed by atoms with van der Waals surface area (Å²) in [7, 11) is 0. The maximum atomic E-state index is 14.7. The lowest BCUT2D eigenvalue weighted by atomic mass is 9.80. The van der Waals surface area contributed by atoms with E-state index in [1.54, 1.807) is 13.8 Å². The van der Waals surface area contributed by atoms with E-state index in [9.17, 15) is 26.3 Å². The molecule has 0 saturated heterocycles. The van der Waals surface area contributed by atoms with Crippen molar-refractivity contribution < 1.29 is 35.8 Å². The zero-order valence-electron chi connectivity index (χ0n) is 14.1. The first-order chi connectivity index (χ1) is 12.5. The van der Waals surface area contributed by atoms with Crippen LogP contribution in [0, 0.1) is 0 Å². The van der Waals surface area contributed by atoms with Gasteiger partial charge in [-0.05, 0) is 36.8 Å². The monoisotopic (exact) mass is 428 g/mol. The van der Waals surface area contributed by atoms with Gasteiger partial charge >= 0.3 is 17.8 Å². The molecule has 0 radical (unpaired) electrons. The van der Waals surface area contributed by atoms with Gasteiger partial charge in [-0.1, -0.05) is 23.5 Å². The van der Waals surface area contributed by atoms with Crippen LogP contribution >= 0.6 is 23.5 Å². The van der Waals surface area contributed by atoms with Gasteiger partial charge in [0.2, 0.25) is 0 Å². The fourth-order valence-electron chi connectivity index (χ4n) is 4.00. The van der Waals surface area contributed by atoms with Crippen molar-refractivity contribution in [3.05, 3.63) is 45.3 Å². The summed E-state index contributed by atoms with van der Waals surface area (Å²) in [6, 6.07) is 0. The number of hydrogen-bond donors (Lipinski definition) is 0. The summed E-state index contributed by atoms with van der Waals surface area (Å²) < 4.78 is 98.8. The lowest BCUT2D eigenvalue weighted by molar-refractivity contribution is -0.258. The average Bonchev–Trinajstić information content (AvgIpc) is 3.20. The lowest BCUT2D eigenvalue weighted by Crippen LogP contribution is -2.56. The van der Waals surface area contributed by atoms with Gasteiger partial charge in [0.05, 0.1) is 0 Å². The molecule has 0 bridgehead atoms. The first-order valence-corrected chi connectivity index (χ1v) is 9.92. The largest absolute Gasteiger partial charge is 0.380 e. The van der Waals surface area contributed by atoms with Crippen molar-refractivity contribution in [2.24, 2.45) is 0 Å². The van der Waals surface area contributed by atoms with Crippen LogP contribution in [0.25, 0.3) is 0 Å². The van der Waals surface area contributed by atoms with E-state index in [0.717, 1.165) is 35.7 Å². The van der Waals surface area contributed by atoms with Crippen LogP contribution in [0.5, 0.6) is 0 Å². The highest BCUT2D eigenvalue weighted by atomic mass is 32.2. The van der Waals surface area contributed by atoms with Gasteiger partial charge < -0.3 is 9.47 Å². The maximum Gasteiger partial charge on any atom is 0.380 e. The number of rotatable bonds is 4. The molecule has 27 heavy (non-hydrogen) atoms. The van der Waals surface area contributed by atoms with Crippen molar-refractivity contribution in [2.45, 2.75) is 41.5 Å². The molecule has 148 valence electrons. The van der Waals surface area contributed by atoms with Crippen LogP contribution in [-0.2, 0) is 9.47 Å². The summed E-state index contributed by atoms with van der Waals surface area (Å²) in [5, 5.41) is 2.78. The Bertz CT molecular complexity index is 765. The Morgan fingerprint density at radius 3 is 1.44 bits per heavy atom. The first kappa shape index (κ1) is 19.5. The molecule has 2 nitrogen and oxygen atoms in total. The van der Waals surface area contributed by atoms with Crippen molar-refractivity contribution in [3.63, 3.8) is 0 Å². The van der Waals surface area contributed by atoms with E-state index in [2.05, 4.69) is 0 Å². The molecule has 2 atom stereocenters. The molecule has 0 aromatic carbocycles. The summed E-state index contributed by atoms with van der Waals surface area (Å²) in [5.41, 5.74) is -3.49. The van der Waals surface area contributed by atoms with Crippen LogP contribution in [-0.4, -0.2) is 40.8 Å². The molecule has 0 aromatic heterocycles. The van der Waals surface area contributed by atoms with E-state index in [0.29, 0.717) is 0 Å². The van der Waals surface area contributed by atoms with Crippen LogP contribution in [0.2, 0.25) is 0 Å². The van der Waals surface area contributed by atoms with E-state index in [1.807, 2.05) is 0 Å². The molecule has 0 amide bonds. The molecule has 0 N–H and O–H groups in total. The molecule has 10 heteroatoms. The molecular formula is C17H14F6O2S2. The molecule has 2 heterocycles. The normalized spacial score (nSPS) is 37.0. The smallest absolute Gasteiger partial charge is 0.355 e. The lowest BCUT2D eigenvalue weighted by Gasteiger charge is -2.49. The van der Waals surface area contributed by atoms with Gasteiger partial charge in [-0.2, -0.15) is 26.3 Å². The Morgan fingerprint density at radius 2 is 1.11 bits per heavy atom. The second-order valence-corrected chi connectivity index (χ2v) is 8.41. The minimum atomic E-state index is -5.56. The van der Waals surface area contributed by atoms with Crippen molar-refractivity contribution in [3.8, 4) is 0 Å². The van der Waals surface area contributed by atoms with Gasteiger partial charge in [-0.3, -0.25) is 0 Å². The molecular weight excluding hydrogens is 414 g/mol. The zero-order chi connectivity index (χ0) is 19.9. The van der Waals surface area contributed by atoms with Crippen molar-refractivity contribution in [2.75, 3.05) is 13.2 Å². The standard InChI is InChI=1S/C17H14F6O2S2/c1-3-24-15-9(5-7-26-15)11-12(10-6-8-27-16(10,15)25-4-2)14(20,21)17(22,23)13(11,18)19/h5-8H,3-4H2,1-2H3. The number of allylic oxidation sites excluding steroid dienone is 2. The first-order valence-electron chi connectivity index (χ1n) is 8.16. The van der Waals surface area contributed by atoms with Crippen LogP contribution in [0.3, 0.4) is 0 Å². The van der Waals surface area contributed by atoms with Gasteiger partial charge in [0.25, 0.3) is 0 Å². The molecule has 1 fully saturated rings. The Morgan fingerprint density at radius 1 is 0.741 bits per heavy atom. The quantitative estimate of drug-likeness (QED) is 0.551. The van der Waals surface area contributed by atoms with E-state index in [-0.39, 0.29) is 24.4 Å². The van der Waals surface area contributed by atoms with E-state index >= 15 is 0 Å². The summed E-state index contributed by atoms with van der Waals surface area (Å²) in [6.07, 6.45) is 2.30. The third-order valence-corrected chi connectivity index (χ3v) is 7.57. The second-order valence-electron chi connectivity index (χ2n) is 6.24. The fourth-order valence-corrected chi connectivity index (χ4v) is 6.69. The van der Waals surface area contributed by atoms with Gasteiger partial charge in [-0.25, -0.2) is 0 Å². The molecule has 4 rings (SSSR count). The Kier molecular flexibility index (Phi) is 4.05. The minimum Gasteiger partial charge on any atom is -0.355 e. The maximum absolute atomic E-state index is 14.7. The average molecular weight is 428 g/mol. The van der Waals surface area contributed by atoms with Gasteiger partial charge in [0.1, 0.15) is 0 Å². The molecule has 2 aliphatic carbocycles. The highest BCUT2D eigenvalue weighted by molar-refractivity contribution is 8.08. The fraction of sp³-hybridized carbons (Fsp3) is 0.529. The van der Waals surface area contributed by atoms with Crippen molar-refractivity contribution >= 4 is 23.5 Å². The van der Waals surface area contributed by atoms with Gasteiger partial charge in [0, 0.05) is 35.5 Å². The van der Waals surface area contributed by atoms with Crippen LogP contribution in [0.4, 0.5) is 26.3 Å². The third-order valence-electron chi connectivity index (χ3n) is 4.98. The topological polar surface area (TPSA) is 18.5 Å². The molecule has 4 aliphatic rings. The predicted molar refractivity (Wildman–Crippen MR) is 91.1 cm³/mol. The number of halogens is 6. The number of fused-ring (bicyclic) bond motifs is 4. The number of thioether (sulfide) groups is 2. The number of hydrogen-bond acceptors (Lipinski definition) is 4. The van der Waals surface area contributed by atoms with Crippen molar-refractivity contribution in [1.82, 2.24) is 0 Å². The Hall–Kier alpha value is -0.840. The summed E-state index contributed by atoms with van der Waals surface area (Å²) in [5.74, 6) is -15.7. The summed E-state index contributed by atoms with van der Waals surface area (Å²) in [4.78, 5) is -3.33. The Labute approximate surface area is 159 Å². The molecule has 1 saturated carbocycles. The Balaban J connectivity index is 2.15. The van der Waals surface area contributed by atoms with E-state index in [4.69, 9.17) is 9.47 Å². The third kappa shape index (κ3) is 1.91. The highest BCUT2D eigenvalue weighted by Gasteiger charge is 2.85. The number of ether oxygens (including phenoxy) is 2. The molecule has 2 unspecified atom stereocenters. The second kappa shape index (κ2) is 5.61. The van der Waals surface area contributed by atoms with Gasteiger partial charge in [0.15, 0.2) is 9.87 Å². The molecule has 0 spiro atoms. The van der Waals surface area contributed by atoms with E-state index in [1.165, 1.54) is 10.8 Å². The van der Waals surface area contributed by atoms with Crippen LogP contribution in [0.1, 0.15) is 13.8 Å². The zero-order valence-corrected chi connectivity index (χ0v) is 15.8.